The van der Waals surface area contributed by atoms with Gasteiger partial charge in [0.1, 0.15) is 5.75 Å². The Labute approximate surface area is 131 Å². The minimum atomic E-state index is -0.376. The van der Waals surface area contributed by atoms with Gasteiger partial charge < -0.3 is 14.5 Å². The molecular formula is C17H24N2O3. The predicted octanol–water partition coefficient (Wildman–Crippen LogP) is 2.03. The van der Waals surface area contributed by atoms with Gasteiger partial charge in [0.15, 0.2) is 0 Å². The molecule has 2 rings (SSSR count). The Morgan fingerprint density at radius 2 is 1.64 bits per heavy atom. The maximum absolute atomic E-state index is 12.5. The summed E-state index contributed by atoms with van der Waals surface area (Å²) in [4.78, 5) is 28.4. The van der Waals surface area contributed by atoms with E-state index in [0.717, 1.165) is 0 Å². The van der Waals surface area contributed by atoms with Crippen molar-refractivity contribution in [1.29, 1.82) is 0 Å². The van der Waals surface area contributed by atoms with Gasteiger partial charge in [0.05, 0.1) is 7.11 Å². The molecule has 1 fully saturated rings. The second kappa shape index (κ2) is 6.38. The zero-order valence-corrected chi connectivity index (χ0v) is 13.8. The van der Waals surface area contributed by atoms with Crippen LogP contribution in [0.2, 0.25) is 0 Å². The summed E-state index contributed by atoms with van der Waals surface area (Å²) < 4.78 is 5.15. The first-order valence-electron chi connectivity index (χ1n) is 7.55. The lowest BCUT2D eigenvalue weighted by Gasteiger charge is -2.37. The third-order valence-corrected chi connectivity index (χ3v) is 3.81. The number of hydrogen-bond donors (Lipinski definition) is 0. The molecule has 0 atom stereocenters. The van der Waals surface area contributed by atoms with Gasteiger partial charge in [-0.3, -0.25) is 9.59 Å². The number of nitrogens with zero attached hydrogens (tertiary/aromatic N) is 2. The summed E-state index contributed by atoms with van der Waals surface area (Å²) in [5, 5.41) is 0. The van der Waals surface area contributed by atoms with Crippen LogP contribution < -0.4 is 4.74 Å². The van der Waals surface area contributed by atoms with Gasteiger partial charge in [0.25, 0.3) is 5.91 Å². The SMILES string of the molecule is COc1cccc(C(=O)N2CCN(C(=O)C(C)(C)C)CC2)c1. The van der Waals surface area contributed by atoms with Crippen LogP contribution >= 0.6 is 0 Å². The highest BCUT2D eigenvalue weighted by Crippen LogP contribution is 2.20. The lowest BCUT2D eigenvalue weighted by Crippen LogP contribution is -2.53. The number of carbonyl (C=O) groups excluding carboxylic acids is 2. The number of benzene rings is 1. The van der Waals surface area contributed by atoms with E-state index in [9.17, 15) is 9.59 Å². The summed E-state index contributed by atoms with van der Waals surface area (Å²) in [7, 11) is 1.58. The van der Waals surface area contributed by atoms with Crippen LogP contribution in [0.4, 0.5) is 0 Å². The van der Waals surface area contributed by atoms with Crippen molar-refractivity contribution in [1.82, 2.24) is 9.80 Å². The van der Waals surface area contributed by atoms with Crippen molar-refractivity contribution in [3.8, 4) is 5.75 Å². The van der Waals surface area contributed by atoms with Crippen molar-refractivity contribution in [2.24, 2.45) is 5.41 Å². The Bertz CT molecular complexity index is 555. The number of ether oxygens (including phenoxy) is 1. The quantitative estimate of drug-likeness (QED) is 0.840. The molecule has 5 nitrogen and oxygen atoms in total. The normalized spacial score (nSPS) is 15.6. The average molecular weight is 304 g/mol. The maximum atomic E-state index is 12.5. The first-order valence-corrected chi connectivity index (χ1v) is 7.55. The Kier molecular flexibility index (Phi) is 4.74. The van der Waals surface area contributed by atoms with Gasteiger partial charge >= 0.3 is 0 Å². The Balaban J connectivity index is 1.99. The van der Waals surface area contributed by atoms with E-state index in [0.29, 0.717) is 37.5 Å². The molecule has 5 heteroatoms. The maximum Gasteiger partial charge on any atom is 0.254 e. The Hall–Kier alpha value is -2.04. The van der Waals surface area contributed by atoms with Gasteiger partial charge in [-0.05, 0) is 18.2 Å². The van der Waals surface area contributed by atoms with Crippen molar-refractivity contribution in [3.05, 3.63) is 29.8 Å². The summed E-state index contributed by atoms with van der Waals surface area (Å²) in [6.45, 7) is 8.07. The van der Waals surface area contributed by atoms with Crippen LogP contribution in [0.25, 0.3) is 0 Å². The minimum Gasteiger partial charge on any atom is -0.497 e. The number of amides is 2. The average Bonchev–Trinajstić information content (AvgIpc) is 2.53. The van der Waals surface area contributed by atoms with E-state index in [2.05, 4.69) is 0 Å². The fraction of sp³-hybridized carbons (Fsp3) is 0.529. The number of piperazine rings is 1. The molecule has 0 N–H and O–H groups in total. The molecule has 120 valence electrons. The first kappa shape index (κ1) is 16.3. The van der Waals surface area contributed by atoms with Crippen molar-refractivity contribution in [2.75, 3.05) is 33.3 Å². The van der Waals surface area contributed by atoms with E-state index in [1.54, 1.807) is 24.1 Å². The van der Waals surface area contributed by atoms with Gasteiger partial charge in [0.2, 0.25) is 5.91 Å². The number of carbonyl (C=O) groups is 2. The third kappa shape index (κ3) is 3.59. The predicted molar refractivity (Wildman–Crippen MR) is 84.9 cm³/mol. The molecule has 0 saturated carbocycles. The van der Waals surface area contributed by atoms with E-state index in [4.69, 9.17) is 4.74 Å². The van der Waals surface area contributed by atoms with E-state index in [-0.39, 0.29) is 17.2 Å². The third-order valence-electron chi connectivity index (χ3n) is 3.81. The molecule has 0 spiro atoms. The summed E-state index contributed by atoms with van der Waals surface area (Å²) in [5.41, 5.74) is 0.244. The highest BCUT2D eigenvalue weighted by Gasteiger charge is 2.31. The topological polar surface area (TPSA) is 49.9 Å². The molecule has 1 aliphatic rings. The van der Waals surface area contributed by atoms with Crippen molar-refractivity contribution in [3.63, 3.8) is 0 Å². The van der Waals surface area contributed by atoms with Crippen LogP contribution in [0, 0.1) is 5.41 Å². The van der Waals surface area contributed by atoms with Crippen molar-refractivity contribution >= 4 is 11.8 Å². The minimum absolute atomic E-state index is 0.0123. The van der Waals surface area contributed by atoms with Gasteiger partial charge in [-0.25, -0.2) is 0 Å². The monoisotopic (exact) mass is 304 g/mol. The standard InChI is InChI=1S/C17H24N2O3/c1-17(2,3)16(21)19-10-8-18(9-11-19)15(20)13-6-5-7-14(12-13)22-4/h5-7,12H,8-11H2,1-4H3. The number of methoxy groups -OCH3 is 1. The van der Waals surface area contributed by atoms with Crippen LogP contribution in [0.1, 0.15) is 31.1 Å². The second-order valence-electron chi connectivity index (χ2n) is 6.57. The molecule has 0 aromatic heterocycles. The van der Waals surface area contributed by atoms with E-state index in [1.807, 2.05) is 37.8 Å². The van der Waals surface area contributed by atoms with Crippen LogP contribution in [-0.2, 0) is 4.79 Å². The molecule has 1 heterocycles. The molecule has 0 bridgehead atoms. The van der Waals surface area contributed by atoms with Crippen LogP contribution in [0.5, 0.6) is 5.75 Å². The fourth-order valence-electron chi connectivity index (χ4n) is 2.53. The van der Waals surface area contributed by atoms with Gasteiger partial charge in [-0.15, -0.1) is 0 Å². The van der Waals surface area contributed by atoms with Crippen molar-refractivity contribution < 1.29 is 14.3 Å². The lowest BCUT2D eigenvalue weighted by atomic mass is 9.94. The van der Waals surface area contributed by atoms with Crippen LogP contribution in [-0.4, -0.2) is 54.9 Å². The van der Waals surface area contributed by atoms with E-state index in [1.165, 1.54) is 0 Å². The van der Waals surface area contributed by atoms with Crippen LogP contribution in [0.15, 0.2) is 24.3 Å². The fourth-order valence-corrected chi connectivity index (χ4v) is 2.53. The molecule has 2 amide bonds. The molecule has 0 unspecified atom stereocenters. The first-order chi connectivity index (χ1) is 10.3. The smallest absolute Gasteiger partial charge is 0.254 e. The lowest BCUT2D eigenvalue weighted by molar-refractivity contribution is -0.140. The summed E-state index contributed by atoms with van der Waals surface area (Å²) >= 11 is 0. The summed E-state index contributed by atoms with van der Waals surface area (Å²) in [6, 6.07) is 7.16. The van der Waals surface area contributed by atoms with Crippen molar-refractivity contribution in [2.45, 2.75) is 20.8 Å². The largest absolute Gasteiger partial charge is 0.497 e. The zero-order valence-electron chi connectivity index (χ0n) is 13.8. The zero-order chi connectivity index (χ0) is 16.3. The van der Waals surface area contributed by atoms with E-state index >= 15 is 0 Å². The number of hydrogen-bond acceptors (Lipinski definition) is 3. The molecule has 0 radical (unpaired) electrons. The molecule has 0 aliphatic carbocycles. The second-order valence-corrected chi connectivity index (χ2v) is 6.57. The van der Waals surface area contributed by atoms with Gasteiger partial charge in [-0.1, -0.05) is 26.8 Å². The molecule has 1 aromatic carbocycles. The Morgan fingerprint density at radius 3 is 2.18 bits per heavy atom. The van der Waals surface area contributed by atoms with Crippen LogP contribution in [0.3, 0.4) is 0 Å². The highest BCUT2D eigenvalue weighted by atomic mass is 16.5. The number of rotatable bonds is 2. The van der Waals surface area contributed by atoms with Gasteiger partial charge in [-0.2, -0.15) is 0 Å². The molecule has 22 heavy (non-hydrogen) atoms. The molecular weight excluding hydrogens is 280 g/mol. The molecule has 1 aliphatic heterocycles. The van der Waals surface area contributed by atoms with E-state index < -0.39 is 0 Å². The Morgan fingerprint density at radius 1 is 1.05 bits per heavy atom. The molecule has 1 saturated heterocycles. The summed E-state index contributed by atoms with van der Waals surface area (Å²) in [5.74, 6) is 0.801. The summed E-state index contributed by atoms with van der Waals surface area (Å²) in [6.07, 6.45) is 0. The van der Waals surface area contributed by atoms with Gasteiger partial charge in [0, 0.05) is 37.2 Å². The highest BCUT2D eigenvalue weighted by molar-refractivity contribution is 5.94. The molecule has 1 aromatic rings.